The van der Waals surface area contributed by atoms with Gasteiger partial charge in [-0.25, -0.2) is 9.38 Å². The highest BCUT2D eigenvalue weighted by molar-refractivity contribution is 7.15. The molecule has 0 radical (unpaired) electrons. The minimum absolute atomic E-state index is 0.0234. The monoisotopic (exact) mass is 499 g/mol. The van der Waals surface area contributed by atoms with E-state index < -0.39 is 4.92 Å². The number of nitro benzene ring substituents is 1. The molecule has 0 bridgehead atoms. The Labute approximate surface area is 209 Å². The molecule has 0 spiro atoms. The zero-order valence-corrected chi connectivity index (χ0v) is 20.2. The van der Waals surface area contributed by atoms with Crippen molar-refractivity contribution in [1.29, 1.82) is 0 Å². The predicted octanol–water partition coefficient (Wildman–Crippen LogP) is 4.68. The SMILES string of the molecule is C=CCc1cc(C=c2sc3nc4ccccc4n3c2=O)cc(OC)c1OCc1ccc([N+](=O)[O-])cc1. The number of hydrogen-bond donors (Lipinski definition) is 0. The maximum absolute atomic E-state index is 13.2. The second-order valence-corrected chi connectivity index (χ2v) is 9.06. The first kappa shape index (κ1) is 23.3. The highest BCUT2D eigenvalue weighted by atomic mass is 32.1. The van der Waals surface area contributed by atoms with E-state index in [4.69, 9.17) is 9.47 Å². The number of ether oxygens (including phenoxy) is 2. The van der Waals surface area contributed by atoms with Crippen molar-refractivity contribution in [2.45, 2.75) is 13.0 Å². The molecule has 2 aromatic heterocycles. The summed E-state index contributed by atoms with van der Waals surface area (Å²) in [5.74, 6) is 1.07. The molecule has 9 heteroatoms. The third-order valence-electron chi connectivity index (χ3n) is 5.71. The van der Waals surface area contributed by atoms with Gasteiger partial charge in [0.1, 0.15) is 6.61 Å². The summed E-state index contributed by atoms with van der Waals surface area (Å²) in [4.78, 5) is 28.8. The van der Waals surface area contributed by atoms with E-state index in [0.717, 1.165) is 27.7 Å². The van der Waals surface area contributed by atoms with Crippen LogP contribution in [0.3, 0.4) is 0 Å². The second kappa shape index (κ2) is 9.63. The van der Waals surface area contributed by atoms with Crippen molar-refractivity contribution in [3.63, 3.8) is 0 Å². The molecular weight excluding hydrogens is 478 g/mol. The summed E-state index contributed by atoms with van der Waals surface area (Å²) >= 11 is 1.34. The van der Waals surface area contributed by atoms with Gasteiger partial charge in [0.2, 0.25) is 0 Å². The summed E-state index contributed by atoms with van der Waals surface area (Å²) in [6, 6.07) is 17.5. The molecule has 0 aliphatic carbocycles. The molecule has 8 nitrogen and oxygen atoms in total. The van der Waals surface area contributed by atoms with Crippen molar-refractivity contribution in [1.82, 2.24) is 9.38 Å². The normalized spacial score (nSPS) is 11.8. The van der Waals surface area contributed by atoms with Crippen molar-refractivity contribution in [3.05, 3.63) is 115 Å². The number of rotatable bonds is 8. The van der Waals surface area contributed by atoms with Gasteiger partial charge in [-0.1, -0.05) is 29.5 Å². The van der Waals surface area contributed by atoms with Gasteiger partial charge >= 0.3 is 0 Å². The highest BCUT2D eigenvalue weighted by Crippen LogP contribution is 2.34. The number of fused-ring (bicyclic) bond motifs is 3. The van der Waals surface area contributed by atoms with E-state index in [9.17, 15) is 14.9 Å². The Hall–Kier alpha value is -4.50. The molecular formula is C27H21N3O5S. The van der Waals surface area contributed by atoms with E-state index in [1.54, 1.807) is 29.7 Å². The smallest absolute Gasteiger partial charge is 0.274 e. The number of nitrogens with zero attached hydrogens (tertiary/aromatic N) is 3. The zero-order valence-electron chi connectivity index (χ0n) is 19.3. The number of para-hydroxylation sites is 2. The van der Waals surface area contributed by atoms with Gasteiger partial charge in [0.15, 0.2) is 16.5 Å². The standard InChI is InChI=1S/C27H21N3O5S/c1-3-6-19-13-18(15-24-26(31)29-22-8-5-4-7-21(22)28-27(29)36-24)14-23(34-2)25(19)35-16-17-9-11-20(12-10-17)30(32)33/h3-5,7-15H,1,6,16H2,2H3. The molecule has 180 valence electrons. The van der Waals surface area contributed by atoms with Crippen molar-refractivity contribution in [2.24, 2.45) is 0 Å². The number of imidazole rings is 1. The first-order valence-electron chi connectivity index (χ1n) is 11.1. The molecule has 0 aliphatic heterocycles. The van der Waals surface area contributed by atoms with Crippen LogP contribution in [-0.2, 0) is 13.0 Å². The molecule has 0 saturated carbocycles. The van der Waals surface area contributed by atoms with Crippen molar-refractivity contribution >= 4 is 39.1 Å². The van der Waals surface area contributed by atoms with E-state index in [1.165, 1.54) is 23.5 Å². The topological polar surface area (TPSA) is 96.0 Å². The molecule has 0 amide bonds. The largest absolute Gasteiger partial charge is 0.493 e. The minimum Gasteiger partial charge on any atom is -0.493 e. The Morgan fingerprint density at radius 1 is 1.17 bits per heavy atom. The lowest BCUT2D eigenvalue weighted by Crippen LogP contribution is -2.22. The summed E-state index contributed by atoms with van der Waals surface area (Å²) in [5.41, 5.74) is 3.90. The quantitative estimate of drug-likeness (QED) is 0.175. The number of aromatic nitrogens is 2. The van der Waals surface area contributed by atoms with Crippen LogP contribution in [0.4, 0.5) is 5.69 Å². The minimum atomic E-state index is -0.438. The fourth-order valence-electron chi connectivity index (χ4n) is 4.02. The number of nitro groups is 1. The molecule has 0 N–H and O–H groups in total. The average molecular weight is 500 g/mol. The lowest BCUT2D eigenvalue weighted by Gasteiger charge is -2.16. The fourth-order valence-corrected chi connectivity index (χ4v) is 5.01. The number of allylic oxidation sites excluding steroid dienone is 1. The summed E-state index contributed by atoms with van der Waals surface area (Å²) in [6.07, 6.45) is 4.11. The lowest BCUT2D eigenvalue weighted by molar-refractivity contribution is -0.384. The molecule has 0 saturated heterocycles. The zero-order chi connectivity index (χ0) is 25.2. The molecule has 2 heterocycles. The molecule has 5 rings (SSSR count). The van der Waals surface area contributed by atoms with Gasteiger partial charge in [-0.05, 0) is 60.0 Å². The first-order chi connectivity index (χ1) is 17.5. The number of benzene rings is 3. The van der Waals surface area contributed by atoms with E-state index in [-0.39, 0.29) is 17.9 Å². The Morgan fingerprint density at radius 2 is 1.94 bits per heavy atom. The Balaban J connectivity index is 1.51. The molecule has 3 aromatic carbocycles. The van der Waals surface area contributed by atoms with Gasteiger partial charge in [-0.2, -0.15) is 0 Å². The van der Waals surface area contributed by atoms with Crippen LogP contribution in [-0.4, -0.2) is 21.4 Å². The van der Waals surface area contributed by atoms with Crippen LogP contribution in [0.25, 0.3) is 22.1 Å². The second-order valence-electron chi connectivity index (χ2n) is 8.05. The number of non-ortho nitro benzene ring substituents is 1. The molecule has 0 atom stereocenters. The maximum atomic E-state index is 13.2. The van der Waals surface area contributed by atoms with Crippen LogP contribution in [0.2, 0.25) is 0 Å². The van der Waals surface area contributed by atoms with E-state index in [2.05, 4.69) is 11.6 Å². The summed E-state index contributed by atoms with van der Waals surface area (Å²) in [6.45, 7) is 4.06. The molecule has 0 fully saturated rings. The van der Waals surface area contributed by atoms with E-state index in [1.807, 2.05) is 42.5 Å². The molecule has 36 heavy (non-hydrogen) atoms. The third-order valence-corrected chi connectivity index (χ3v) is 6.68. The van der Waals surface area contributed by atoms with Crippen molar-refractivity contribution in [2.75, 3.05) is 7.11 Å². The van der Waals surface area contributed by atoms with E-state index in [0.29, 0.717) is 27.4 Å². The van der Waals surface area contributed by atoms with Crippen LogP contribution in [0, 0.1) is 10.1 Å². The van der Waals surface area contributed by atoms with Crippen LogP contribution >= 0.6 is 11.3 Å². The summed E-state index contributed by atoms with van der Waals surface area (Å²) < 4.78 is 13.9. The van der Waals surface area contributed by atoms with Gasteiger partial charge in [-0.15, -0.1) is 6.58 Å². The first-order valence-corrected chi connectivity index (χ1v) is 11.9. The van der Waals surface area contributed by atoms with Gasteiger partial charge in [0.05, 0.1) is 27.6 Å². The van der Waals surface area contributed by atoms with Gasteiger partial charge < -0.3 is 9.47 Å². The fraction of sp³-hybridized carbons (Fsp3) is 0.111. The lowest BCUT2D eigenvalue weighted by atomic mass is 10.1. The molecule has 0 aliphatic rings. The summed E-state index contributed by atoms with van der Waals surface area (Å²) in [7, 11) is 1.56. The van der Waals surface area contributed by atoms with Crippen LogP contribution in [0.15, 0.2) is 78.1 Å². The number of thiazole rings is 1. The van der Waals surface area contributed by atoms with Crippen LogP contribution in [0.1, 0.15) is 16.7 Å². The summed E-state index contributed by atoms with van der Waals surface area (Å²) in [5, 5.41) is 10.9. The maximum Gasteiger partial charge on any atom is 0.274 e. The van der Waals surface area contributed by atoms with Crippen molar-refractivity contribution in [3.8, 4) is 11.5 Å². The van der Waals surface area contributed by atoms with Crippen LogP contribution in [0.5, 0.6) is 11.5 Å². The molecule has 0 unspecified atom stereocenters. The predicted molar refractivity (Wildman–Crippen MR) is 140 cm³/mol. The number of hydrogen-bond acceptors (Lipinski definition) is 7. The Kier molecular flexibility index (Phi) is 6.22. The Morgan fingerprint density at radius 3 is 2.67 bits per heavy atom. The van der Waals surface area contributed by atoms with Crippen molar-refractivity contribution < 1.29 is 14.4 Å². The van der Waals surface area contributed by atoms with E-state index >= 15 is 0 Å². The average Bonchev–Trinajstić information content (AvgIpc) is 3.39. The Bertz CT molecular complexity index is 1720. The number of methoxy groups -OCH3 is 1. The molecule has 5 aromatic rings. The van der Waals surface area contributed by atoms with Crippen LogP contribution < -0.4 is 19.6 Å². The van der Waals surface area contributed by atoms with Gasteiger partial charge in [-0.3, -0.25) is 14.9 Å². The third kappa shape index (κ3) is 4.32. The van der Waals surface area contributed by atoms with Gasteiger partial charge in [0, 0.05) is 17.7 Å². The highest BCUT2D eigenvalue weighted by Gasteiger charge is 2.15. The van der Waals surface area contributed by atoms with Gasteiger partial charge in [0.25, 0.3) is 11.2 Å².